The number of likely N-dealkylation sites (tertiary alicyclic amines) is 1. The van der Waals surface area contributed by atoms with Crippen molar-refractivity contribution in [1.29, 1.82) is 0 Å². The van der Waals surface area contributed by atoms with Crippen molar-refractivity contribution in [3.63, 3.8) is 0 Å². The third-order valence-corrected chi connectivity index (χ3v) is 7.48. The fourth-order valence-electron chi connectivity index (χ4n) is 3.72. The van der Waals surface area contributed by atoms with E-state index in [1.165, 1.54) is 40.5 Å². The number of aryl methyl sites for hydroxylation is 2. The maximum absolute atomic E-state index is 13.0. The van der Waals surface area contributed by atoms with Crippen molar-refractivity contribution >= 4 is 38.4 Å². The molecule has 33 heavy (non-hydrogen) atoms. The van der Waals surface area contributed by atoms with Crippen molar-refractivity contribution in [3.8, 4) is 5.75 Å². The Bertz CT molecular complexity index is 1270. The average Bonchev–Trinajstić information content (AvgIpc) is 3.47. The number of nitrogens with zero attached hydrogens (tertiary/aromatic N) is 2. The van der Waals surface area contributed by atoms with Crippen LogP contribution in [-0.2, 0) is 14.9 Å². The predicted octanol–water partition coefficient (Wildman–Crippen LogP) is 3.77. The highest BCUT2D eigenvalue weighted by Crippen LogP contribution is 2.25. The first-order chi connectivity index (χ1) is 15.7. The first kappa shape index (κ1) is 22.9. The second kappa shape index (κ2) is 9.32. The number of rotatable bonds is 6. The van der Waals surface area contributed by atoms with E-state index in [0.29, 0.717) is 29.2 Å². The molecule has 0 saturated carbocycles. The number of hydrogen-bond acceptors (Lipinski definition) is 7. The van der Waals surface area contributed by atoms with Crippen molar-refractivity contribution in [3.05, 3.63) is 70.7 Å². The van der Waals surface area contributed by atoms with E-state index in [4.69, 9.17) is 4.18 Å². The SMILES string of the molecule is Cc1ccc(C)c(S(=O)(=O)Oc2ccc(C(=O)N3CCCC3C(=O)Nc3nccs3)cc2)c1. The van der Waals surface area contributed by atoms with Gasteiger partial charge in [0.1, 0.15) is 16.7 Å². The summed E-state index contributed by atoms with van der Waals surface area (Å²) in [6.07, 6.45) is 2.89. The van der Waals surface area contributed by atoms with Gasteiger partial charge in [0, 0.05) is 23.7 Å². The van der Waals surface area contributed by atoms with Gasteiger partial charge in [-0.2, -0.15) is 8.42 Å². The number of benzene rings is 2. The van der Waals surface area contributed by atoms with Gasteiger partial charge in [-0.05, 0) is 68.1 Å². The van der Waals surface area contributed by atoms with Gasteiger partial charge in [0.25, 0.3) is 5.91 Å². The molecular weight excluding hydrogens is 462 g/mol. The van der Waals surface area contributed by atoms with Crippen molar-refractivity contribution in [2.75, 3.05) is 11.9 Å². The Morgan fingerprint density at radius 2 is 1.91 bits per heavy atom. The Hall–Kier alpha value is -3.24. The van der Waals surface area contributed by atoms with Gasteiger partial charge in [-0.1, -0.05) is 12.1 Å². The minimum atomic E-state index is -4.01. The Morgan fingerprint density at radius 1 is 1.15 bits per heavy atom. The molecule has 1 aromatic heterocycles. The lowest BCUT2D eigenvalue weighted by Gasteiger charge is -2.23. The van der Waals surface area contributed by atoms with Gasteiger partial charge in [-0.15, -0.1) is 11.3 Å². The van der Waals surface area contributed by atoms with E-state index in [-0.39, 0.29) is 22.5 Å². The maximum atomic E-state index is 13.0. The van der Waals surface area contributed by atoms with Crippen LogP contribution in [-0.4, -0.2) is 42.7 Å². The molecule has 2 amide bonds. The zero-order valence-electron chi connectivity index (χ0n) is 18.1. The number of hydrogen-bond donors (Lipinski definition) is 1. The normalized spacial score (nSPS) is 15.9. The van der Waals surface area contributed by atoms with Crippen molar-refractivity contribution in [2.24, 2.45) is 0 Å². The third-order valence-electron chi connectivity index (χ3n) is 5.40. The molecule has 8 nitrogen and oxygen atoms in total. The molecule has 2 aromatic carbocycles. The summed E-state index contributed by atoms with van der Waals surface area (Å²) in [6, 6.07) is 10.4. The molecule has 0 spiro atoms. The summed E-state index contributed by atoms with van der Waals surface area (Å²) in [5.74, 6) is -0.460. The molecule has 10 heteroatoms. The average molecular weight is 486 g/mol. The van der Waals surface area contributed by atoms with E-state index >= 15 is 0 Å². The molecule has 1 saturated heterocycles. The lowest BCUT2D eigenvalue weighted by molar-refractivity contribution is -0.119. The summed E-state index contributed by atoms with van der Waals surface area (Å²) in [4.78, 5) is 31.4. The Kier molecular flexibility index (Phi) is 6.48. The number of thiazole rings is 1. The highest BCUT2D eigenvalue weighted by atomic mass is 32.2. The molecule has 0 aliphatic carbocycles. The van der Waals surface area contributed by atoms with Gasteiger partial charge in [0.2, 0.25) is 5.91 Å². The molecule has 1 N–H and O–H groups in total. The topological polar surface area (TPSA) is 106 Å². The summed E-state index contributed by atoms with van der Waals surface area (Å²) in [5, 5.41) is 5.00. The third kappa shape index (κ3) is 5.07. The molecule has 172 valence electrons. The van der Waals surface area contributed by atoms with Crippen LogP contribution in [0.15, 0.2) is 58.9 Å². The van der Waals surface area contributed by atoms with Crippen LogP contribution in [0.25, 0.3) is 0 Å². The smallest absolute Gasteiger partial charge is 0.339 e. The van der Waals surface area contributed by atoms with E-state index in [9.17, 15) is 18.0 Å². The molecule has 3 aromatic rings. The van der Waals surface area contributed by atoms with Crippen LogP contribution in [0, 0.1) is 13.8 Å². The Balaban J connectivity index is 1.46. The lowest BCUT2D eigenvalue weighted by Crippen LogP contribution is -2.43. The summed E-state index contributed by atoms with van der Waals surface area (Å²) in [7, 11) is -4.01. The number of anilines is 1. The Labute approximate surface area is 196 Å². The number of amides is 2. The highest BCUT2D eigenvalue weighted by Gasteiger charge is 2.35. The fraction of sp³-hybridized carbons (Fsp3) is 0.261. The van der Waals surface area contributed by atoms with Crippen LogP contribution >= 0.6 is 11.3 Å². The molecule has 2 heterocycles. The van der Waals surface area contributed by atoms with Crippen LogP contribution in [0.1, 0.15) is 34.3 Å². The molecule has 1 unspecified atom stereocenters. The van der Waals surface area contributed by atoms with Crippen LogP contribution in [0.4, 0.5) is 5.13 Å². The van der Waals surface area contributed by atoms with Crippen LogP contribution < -0.4 is 9.50 Å². The quantitative estimate of drug-likeness (QED) is 0.533. The van der Waals surface area contributed by atoms with Crippen molar-refractivity contribution in [2.45, 2.75) is 37.6 Å². The second-order valence-electron chi connectivity index (χ2n) is 7.81. The fourth-order valence-corrected chi connectivity index (χ4v) is 5.50. The predicted molar refractivity (Wildman–Crippen MR) is 125 cm³/mol. The van der Waals surface area contributed by atoms with E-state index in [0.717, 1.165) is 12.0 Å². The van der Waals surface area contributed by atoms with E-state index in [2.05, 4.69) is 10.3 Å². The highest BCUT2D eigenvalue weighted by molar-refractivity contribution is 7.87. The van der Waals surface area contributed by atoms with Gasteiger partial charge < -0.3 is 14.4 Å². The zero-order chi connectivity index (χ0) is 23.6. The van der Waals surface area contributed by atoms with Crippen molar-refractivity contribution in [1.82, 2.24) is 9.88 Å². The monoisotopic (exact) mass is 485 g/mol. The number of carbonyl (C=O) groups excluding carboxylic acids is 2. The Morgan fingerprint density at radius 3 is 2.61 bits per heavy atom. The largest absolute Gasteiger partial charge is 0.379 e. The molecule has 1 aliphatic heterocycles. The second-order valence-corrected chi connectivity index (χ2v) is 10.2. The molecule has 0 bridgehead atoms. The lowest BCUT2D eigenvalue weighted by atomic mass is 10.1. The molecule has 4 rings (SSSR count). The van der Waals surface area contributed by atoms with Gasteiger partial charge >= 0.3 is 10.1 Å². The first-order valence-corrected chi connectivity index (χ1v) is 12.7. The van der Waals surface area contributed by atoms with Gasteiger partial charge in [0.05, 0.1) is 0 Å². The van der Waals surface area contributed by atoms with E-state index < -0.39 is 16.2 Å². The summed E-state index contributed by atoms with van der Waals surface area (Å²) >= 11 is 1.31. The number of carbonyl (C=O) groups is 2. The van der Waals surface area contributed by atoms with Crippen LogP contribution in [0.3, 0.4) is 0 Å². The van der Waals surface area contributed by atoms with Gasteiger partial charge in [-0.3, -0.25) is 9.59 Å². The van der Waals surface area contributed by atoms with Gasteiger partial charge in [0.15, 0.2) is 5.13 Å². The number of aromatic nitrogens is 1. The molecule has 0 radical (unpaired) electrons. The minimum Gasteiger partial charge on any atom is -0.379 e. The van der Waals surface area contributed by atoms with Crippen LogP contribution in [0.5, 0.6) is 5.75 Å². The van der Waals surface area contributed by atoms with Crippen molar-refractivity contribution < 1.29 is 22.2 Å². The zero-order valence-corrected chi connectivity index (χ0v) is 19.8. The first-order valence-electron chi connectivity index (χ1n) is 10.4. The molecule has 1 aliphatic rings. The maximum Gasteiger partial charge on any atom is 0.339 e. The number of nitrogens with one attached hydrogen (secondary N) is 1. The standard InChI is InChI=1S/C23H23N3O5S2/c1-15-5-6-16(2)20(14-15)33(29,30)31-18-9-7-17(8-10-18)22(28)26-12-3-4-19(26)21(27)25-23-24-11-13-32-23/h5-11,13-14,19H,3-4,12H2,1-2H3,(H,24,25,27). The van der Waals surface area contributed by atoms with E-state index in [1.807, 2.05) is 13.0 Å². The summed E-state index contributed by atoms with van der Waals surface area (Å²) in [5.41, 5.74) is 1.74. The summed E-state index contributed by atoms with van der Waals surface area (Å²) in [6.45, 7) is 3.98. The van der Waals surface area contributed by atoms with E-state index in [1.54, 1.807) is 30.6 Å². The van der Waals surface area contributed by atoms with Crippen LogP contribution in [0.2, 0.25) is 0 Å². The molecule has 1 atom stereocenters. The summed E-state index contributed by atoms with van der Waals surface area (Å²) < 4.78 is 30.7. The van der Waals surface area contributed by atoms with Gasteiger partial charge in [-0.25, -0.2) is 4.98 Å². The molecular formula is C23H23N3O5S2. The molecule has 1 fully saturated rings. The minimum absolute atomic E-state index is 0.104.